The first-order valence-electron chi connectivity index (χ1n) is 8.48. The van der Waals surface area contributed by atoms with Crippen molar-refractivity contribution in [1.82, 2.24) is 0 Å². The quantitative estimate of drug-likeness (QED) is 0.465. The highest BCUT2D eigenvalue weighted by atomic mass is 16.4. The summed E-state index contributed by atoms with van der Waals surface area (Å²) in [5.41, 5.74) is 0.402. The number of imide groups is 1. The Bertz CT molecular complexity index is 667. The number of amides is 2. The highest BCUT2D eigenvalue weighted by Crippen LogP contribution is 2.22. The average molecular weight is 348 g/mol. The van der Waals surface area contributed by atoms with E-state index in [2.05, 4.69) is 0 Å². The van der Waals surface area contributed by atoms with Crippen LogP contribution in [0.25, 0.3) is 0 Å². The molecule has 0 spiro atoms. The van der Waals surface area contributed by atoms with Crippen LogP contribution in [0.2, 0.25) is 0 Å². The number of aromatic carboxylic acids is 1. The second-order valence-electron chi connectivity index (χ2n) is 6.54. The van der Waals surface area contributed by atoms with E-state index in [1.807, 2.05) is 0 Å². The van der Waals surface area contributed by atoms with E-state index in [1.54, 1.807) is 0 Å². The van der Waals surface area contributed by atoms with Crippen LogP contribution in [-0.4, -0.2) is 68.3 Å². The minimum absolute atomic E-state index is 0.00741. The molecular weight excluding hydrogens is 326 g/mol. The van der Waals surface area contributed by atoms with Crippen molar-refractivity contribution in [2.45, 2.75) is 12.5 Å². The lowest BCUT2D eigenvalue weighted by Crippen LogP contribution is -3.30. The number of carboxylic acids is 1. The van der Waals surface area contributed by atoms with E-state index >= 15 is 0 Å². The molecule has 2 aliphatic rings. The number of nitrogens with one attached hydrogen (secondary N) is 2. The highest BCUT2D eigenvalue weighted by molar-refractivity contribution is 6.21. The van der Waals surface area contributed by atoms with E-state index in [0.29, 0.717) is 12.2 Å². The lowest BCUT2D eigenvalue weighted by molar-refractivity contribution is -1.02. The molecule has 3 rings (SSSR count). The number of carbonyl (C=O) groups is 3. The first-order chi connectivity index (χ1) is 12.0. The van der Waals surface area contributed by atoms with Crippen LogP contribution in [0.3, 0.4) is 0 Å². The molecule has 1 aromatic carbocycles. The second kappa shape index (κ2) is 7.30. The molecule has 8 heteroatoms. The fraction of sp³-hybridized carbons (Fsp3) is 0.471. The van der Waals surface area contributed by atoms with Gasteiger partial charge in [-0.25, -0.2) is 4.90 Å². The van der Waals surface area contributed by atoms with Gasteiger partial charge in [-0.05, 0) is 17.7 Å². The van der Waals surface area contributed by atoms with Gasteiger partial charge in [-0.3, -0.25) is 9.59 Å². The molecule has 25 heavy (non-hydrogen) atoms. The molecule has 2 saturated heterocycles. The van der Waals surface area contributed by atoms with Crippen molar-refractivity contribution < 1.29 is 34.4 Å². The fourth-order valence-corrected chi connectivity index (χ4v) is 3.65. The van der Waals surface area contributed by atoms with Gasteiger partial charge in [0, 0.05) is 0 Å². The first kappa shape index (κ1) is 17.5. The van der Waals surface area contributed by atoms with Crippen molar-refractivity contribution in [3.63, 3.8) is 0 Å². The van der Waals surface area contributed by atoms with Crippen LogP contribution < -0.4 is 19.8 Å². The molecule has 8 nitrogen and oxygen atoms in total. The van der Waals surface area contributed by atoms with Crippen LogP contribution >= 0.6 is 0 Å². The van der Waals surface area contributed by atoms with Gasteiger partial charge in [0.15, 0.2) is 6.04 Å². The van der Waals surface area contributed by atoms with Gasteiger partial charge in [-0.2, -0.15) is 0 Å². The maximum atomic E-state index is 12.8. The molecule has 0 bridgehead atoms. The molecule has 1 aromatic rings. The summed E-state index contributed by atoms with van der Waals surface area (Å²) in [6.07, 6.45) is 0.172. The molecule has 0 unspecified atom stereocenters. The molecular formula is C17H22N3O5+. The minimum Gasteiger partial charge on any atom is -0.545 e. The Hall–Kier alpha value is -2.29. The zero-order valence-electron chi connectivity index (χ0n) is 13.9. The zero-order valence-corrected chi connectivity index (χ0v) is 13.9. The number of carbonyl (C=O) groups excluding carboxylic acids is 3. The van der Waals surface area contributed by atoms with Crippen LogP contribution in [0.5, 0.6) is 0 Å². The first-order valence-corrected chi connectivity index (χ1v) is 8.48. The van der Waals surface area contributed by atoms with E-state index in [4.69, 9.17) is 5.11 Å². The predicted octanol–water partition coefficient (Wildman–Crippen LogP) is -4.54. The molecule has 3 N–H and O–H groups in total. The standard InChI is InChI=1S/C17H21N3O5/c21-10-9-18-5-7-19(8-6-18)14-11-15(22)20(16(14)23)13-3-1-12(2-4-13)17(24)25/h1-4,14,21H,5-11H2,(H,24,25)/p+1/t14-/m1/s1. The van der Waals surface area contributed by atoms with Gasteiger partial charge < -0.3 is 24.8 Å². The summed E-state index contributed by atoms with van der Waals surface area (Å²) in [6.45, 7) is 4.18. The Morgan fingerprint density at radius 2 is 1.80 bits per heavy atom. The highest BCUT2D eigenvalue weighted by Gasteiger charge is 2.46. The topological polar surface area (TPSA) is 107 Å². The molecule has 2 fully saturated rings. The Morgan fingerprint density at radius 3 is 2.36 bits per heavy atom. The van der Waals surface area contributed by atoms with Crippen molar-refractivity contribution in [2.24, 2.45) is 0 Å². The lowest BCUT2D eigenvalue weighted by Gasteiger charge is -2.31. The molecule has 1 atom stereocenters. The average Bonchev–Trinajstić information content (AvgIpc) is 2.90. The molecule has 0 saturated carbocycles. The number of hydrogen-bond donors (Lipinski definition) is 3. The number of quaternary nitrogens is 2. The van der Waals surface area contributed by atoms with E-state index in [0.717, 1.165) is 36.0 Å². The number of aliphatic hydroxyl groups excluding tert-OH is 1. The molecule has 134 valence electrons. The maximum Gasteiger partial charge on any atom is 0.292 e. The normalized spacial score (nSPS) is 26.9. The van der Waals surface area contributed by atoms with Gasteiger partial charge >= 0.3 is 0 Å². The second-order valence-corrected chi connectivity index (χ2v) is 6.54. The molecule has 0 aliphatic carbocycles. The van der Waals surface area contributed by atoms with Crippen LogP contribution in [0, 0.1) is 0 Å². The Labute approximate surface area is 145 Å². The fourth-order valence-electron chi connectivity index (χ4n) is 3.65. The summed E-state index contributed by atoms with van der Waals surface area (Å²) >= 11 is 0. The summed E-state index contributed by atoms with van der Waals surface area (Å²) < 4.78 is 0. The summed E-state index contributed by atoms with van der Waals surface area (Å²) in [5.74, 6) is -1.78. The number of rotatable bonds is 5. The van der Waals surface area contributed by atoms with Crippen molar-refractivity contribution in [2.75, 3.05) is 44.2 Å². The van der Waals surface area contributed by atoms with Gasteiger partial charge in [-0.15, -0.1) is 0 Å². The number of hydrogen-bond acceptors (Lipinski definition) is 5. The third-order valence-electron chi connectivity index (χ3n) is 5.07. The van der Waals surface area contributed by atoms with Crippen molar-refractivity contribution in [1.29, 1.82) is 0 Å². The van der Waals surface area contributed by atoms with Gasteiger partial charge in [0.2, 0.25) is 5.91 Å². The summed E-state index contributed by atoms with van der Waals surface area (Å²) in [4.78, 5) is 39.5. The van der Waals surface area contributed by atoms with Gasteiger partial charge in [0.25, 0.3) is 5.91 Å². The third-order valence-corrected chi connectivity index (χ3v) is 5.07. The Kier molecular flexibility index (Phi) is 5.12. The number of piperazine rings is 1. The molecule has 2 amide bonds. The van der Waals surface area contributed by atoms with E-state index in [-0.39, 0.29) is 36.4 Å². The number of anilines is 1. The summed E-state index contributed by atoms with van der Waals surface area (Å²) in [6, 6.07) is 5.21. The van der Waals surface area contributed by atoms with Crippen LogP contribution in [0.15, 0.2) is 24.3 Å². The van der Waals surface area contributed by atoms with Crippen LogP contribution in [-0.2, 0) is 9.59 Å². The van der Waals surface area contributed by atoms with Crippen LogP contribution in [0.4, 0.5) is 5.69 Å². The molecule has 2 heterocycles. The number of aliphatic hydroxyl groups is 1. The van der Waals surface area contributed by atoms with E-state index in [9.17, 15) is 19.5 Å². The number of nitrogens with zero attached hydrogens (tertiary/aromatic N) is 1. The van der Waals surface area contributed by atoms with Gasteiger partial charge in [0.05, 0.1) is 24.7 Å². The number of carboxylic acid groups (broad SMARTS) is 1. The lowest BCUT2D eigenvalue weighted by atomic mass is 10.1. The minimum atomic E-state index is -1.30. The third kappa shape index (κ3) is 3.55. The smallest absolute Gasteiger partial charge is 0.292 e. The summed E-state index contributed by atoms with van der Waals surface area (Å²) in [7, 11) is 0. The largest absolute Gasteiger partial charge is 0.545 e. The van der Waals surface area contributed by atoms with Crippen molar-refractivity contribution in [3.8, 4) is 0 Å². The van der Waals surface area contributed by atoms with Crippen LogP contribution in [0.1, 0.15) is 16.8 Å². The SMILES string of the molecule is O=C([O-])c1ccc(N2C(=O)C[C@@H]([NH+]3CC[NH+](CCO)CC3)C2=O)cc1. The predicted molar refractivity (Wildman–Crippen MR) is 85.0 cm³/mol. The van der Waals surface area contributed by atoms with Gasteiger partial charge in [-0.1, -0.05) is 12.1 Å². The molecule has 2 aliphatic heterocycles. The van der Waals surface area contributed by atoms with Crippen molar-refractivity contribution in [3.05, 3.63) is 29.8 Å². The summed E-state index contributed by atoms with van der Waals surface area (Å²) in [5, 5.41) is 19.8. The molecule has 0 aromatic heterocycles. The maximum absolute atomic E-state index is 12.8. The Balaban J connectivity index is 1.69. The number of benzene rings is 1. The Morgan fingerprint density at radius 1 is 1.16 bits per heavy atom. The van der Waals surface area contributed by atoms with Crippen molar-refractivity contribution >= 4 is 23.5 Å². The molecule has 0 radical (unpaired) electrons. The monoisotopic (exact) mass is 348 g/mol. The van der Waals surface area contributed by atoms with E-state index < -0.39 is 5.97 Å². The zero-order chi connectivity index (χ0) is 18.0. The van der Waals surface area contributed by atoms with Gasteiger partial charge in [0.1, 0.15) is 32.7 Å². The van der Waals surface area contributed by atoms with E-state index in [1.165, 1.54) is 29.2 Å².